The van der Waals surface area contributed by atoms with Crippen LogP contribution in [0.1, 0.15) is 32.8 Å². The fourth-order valence-corrected chi connectivity index (χ4v) is 4.28. The monoisotopic (exact) mass is 509 g/mol. The first-order chi connectivity index (χ1) is 16.1. The number of hydrogen-bond acceptors (Lipinski definition) is 6. The standard InChI is InChI=1S/C25H26F3N3O3.ClH/c1-14-17-8-16(11-31(2)3)5-7-21(17)34-23(14)20(32)10-15-4-6-19(26)18(9-15)25(24(27)28)13-33-12-22(29)30-25;/h4-9,24H,10-13H2,1-3H3,(H2,29,30);1H/t25-;/m0./s1. The molecule has 0 spiro atoms. The minimum absolute atomic E-state index is 0. The van der Waals surface area contributed by atoms with Crippen LogP contribution in [0.25, 0.3) is 11.0 Å². The van der Waals surface area contributed by atoms with Crippen molar-refractivity contribution in [2.45, 2.75) is 31.9 Å². The van der Waals surface area contributed by atoms with Crippen LogP contribution in [0.3, 0.4) is 0 Å². The van der Waals surface area contributed by atoms with Crippen LogP contribution in [0.2, 0.25) is 0 Å². The predicted octanol–water partition coefficient (Wildman–Crippen LogP) is 4.64. The van der Waals surface area contributed by atoms with E-state index in [1.165, 1.54) is 12.1 Å². The molecule has 188 valence electrons. The fraction of sp³-hybridized carbons (Fsp3) is 0.360. The Hall–Kier alpha value is -2.88. The van der Waals surface area contributed by atoms with Crippen molar-refractivity contribution in [1.29, 1.82) is 0 Å². The third-order valence-electron chi connectivity index (χ3n) is 5.89. The third-order valence-corrected chi connectivity index (χ3v) is 5.89. The number of carbonyl (C=O) groups is 1. The molecule has 1 aliphatic heterocycles. The molecule has 6 nitrogen and oxygen atoms in total. The first-order valence-electron chi connectivity index (χ1n) is 10.8. The van der Waals surface area contributed by atoms with E-state index in [0.29, 0.717) is 16.7 Å². The zero-order valence-electron chi connectivity index (χ0n) is 19.6. The number of halogens is 4. The van der Waals surface area contributed by atoms with Gasteiger partial charge in [0.05, 0.1) is 6.61 Å². The quantitative estimate of drug-likeness (QED) is 0.469. The zero-order chi connectivity index (χ0) is 24.6. The highest BCUT2D eigenvalue weighted by Gasteiger charge is 2.46. The van der Waals surface area contributed by atoms with Gasteiger partial charge < -0.3 is 19.8 Å². The Morgan fingerprint density at radius 3 is 2.57 bits per heavy atom. The number of nitrogens with two attached hydrogens (primary N) is 1. The smallest absolute Gasteiger partial charge is 0.269 e. The minimum Gasteiger partial charge on any atom is -0.453 e. The molecule has 4 rings (SSSR count). The van der Waals surface area contributed by atoms with Gasteiger partial charge in [0, 0.05) is 29.5 Å². The maximum atomic E-state index is 14.7. The number of ketones is 1. The molecule has 3 aromatic rings. The Kier molecular flexibility index (Phi) is 7.93. The van der Waals surface area contributed by atoms with Gasteiger partial charge in [-0.05, 0) is 56.4 Å². The second kappa shape index (κ2) is 10.4. The molecule has 0 aliphatic carbocycles. The predicted molar refractivity (Wildman–Crippen MR) is 130 cm³/mol. The summed E-state index contributed by atoms with van der Waals surface area (Å²) in [7, 11) is 3.94. The molecule has 1 atom stereocenters. The number of nitrogens with zero attached hydrogens (tertiary/aromatic N) is 2. The number of amidine groups is 1. The highest BCUT2D eigenvalue weighted by atomic mass is 35.5. The lowest BCUT2D eigenvalue weighted by atomic mass is 9.88. The van der Waals surface area contributed by atoms with Crippen molar-refractivity contribution in [3.05, 3.63) is 70.2 Å². The Balaban J connectivity index is 0.00000342. The zero-order valence-corrected chi connectivity index (χ0v) is 20.4. The number of carbonyl (C=O) groups excluding carboxylic acids is 1. The highest BCUT2D eigenvalue weighted by Crippen LogP contribution is 2.37. The van der Waals surface area contributed by atoms with Crippen molar-refractivity contribution in [1.82, 2.24) is 4.90 Å². The molecule has 0 saturated heterocycles. The van der Waals surface area contributed by atoms with Gasteiger partial charge in [-0.2, -0.15) is 0 Å². The van der Waals surface area contributed by atoms with E-state index in [4.69, 9.17) is 14.9 Å². The van der Waals surface area contributed by atoms with Crippen LogP contribution in [0.4, 0.5) is 13.2 Å². The highest BCUT2D eigenvalue weighted by molar-refractivity contribution is 6.01. The maximum Gasteiger partial charge on any atom is 0.269 e. The molecule has 0 fully saturated rings. The summed E-state index contributed by atoms with van der Waals surface area (Å²) in [5.41, 5.74) is 5.72. The van der Waals surface area contributed by atoms with E-state index in [1.807, 2.05) is 37.2 Å². The van der Waals surface area contributed by atoms with Crippen molar-refractivity contribution in [3.63, 3.8) is 0 Å². The lowest BCUT2D eigenvalue weighted by Crippen LogP contribution is -2.45. The Bertz CT molecular complexity index is 1280. The van der Waals surface area contributed by atoms with Gasteiger partial charge in [-0.15, -0.1) is 12.4 Å². The number of ether oxygens (including phenoxy) is 1. The number of hydrogen-bond donors (Lipinski definition) is 1. The van der Waals surface area contributed by atoms with Gasteiger partial charge in [-0.25, -0.2) is 13.2 Å². The SMILES string of the molecule is Cc1c(C(=O)Cc2ccc(F)c([C@]3(C(F)F)COCC(N)=N3)c2)oc2ccc(CN(C)C)cc12.Cl. The van der Waals surface area contributed by atoms with Crippen LogP contribution >= 0.6 is 12.4 Å². The molecular weight excluding hydrogens is 483 g/mol. The Morgan fingerprint density at radius 2 is 1.91 bits per heavy atom. The summed E-state index contributed by atoms with van der Waals surface area (Å²) >= 11 is 0. The van der Waals surface area contributed by atoms with Gasteiger partial charge in [-0.1, -0.05) is 12.1 Å². The molecule has 2 aromatic carbocycles. The number of aryl methyl sites for hydroxylation is 1. The lowest BCUT2D eigenvalue weighted by Gasteiger charge is -2.33. The average molecular weight is 510 g/mol. The molecule has 0 amide bonds. The van der Waals surface area contributed by atoms with Crippen molar-refractivity contribution < 1.29 is 27.1 Å². The van der Waals surface area contributed by atoms with E-state index in [9.17, 15) is 18.0 Å². The van der Waals surface area contributed by atoms with E-state index >= 15 is 0 Å². The maximum absolute atomic E-state index is 14.7. The van der Waals surface area contributed by atoms with E-state index in [2.05, 4.69) is 4.99 Å². The summed E-state index contributed by atoms with van der Waals surface area (Å²) in [6, 6.07) is 9.43. The number of benzene rings is 2. The van der Waals surface area contributed by atoms with E-state index in [-0.39, 0.29) is 48.4 Å². The van der Waals surface area contributed by atoms with Crippen molar-refractivity contribution in [2.75, 3.05) is 27.3 Å². The Labute approximate surface area is 207 Å². The first-order valence-corrected chi connectivity index (χ1v) is 10.8. The van der Waals surface area contributed by atoms with Crippen LogP contribution in [0.15, 0.2) is 45.8 Å². The molecule has 0 radical (unpaired) electrons. The topological polar surface area (TPSA) is 81.1 Å². The molecule has 2 N–H and O–H groups in total. The van der Waals surface area contributed by atoms with E-state index < -0.39 is 24.4 Å². The molecule has 0 unspecified atom stereocenters. The molecule has 35 heavy (non-hydrogen) atoms. The number of fused-ring (bicyclic) bond motifs is 1. The van der Waals surface area contributed by atoms with Crippen molar-refractivity contribution in [3.8, 4) is 0 Å². The van der Waals surface area contributed by atoms with Gasteiger partial charge >= 0.3 is 0 Å². The second-order valence-corrected chi connectivity index (χ2v) is 8.86. The first kappa shape index (κ1) is 26.7. The normalized spacial score (nSPS) is 18.1. The minimum atomic E-state index is -3.05. The molecule has 1 aromatic heterocycles. The van der Waals surface area contributed by atoms with Gasteiger partial charge in [0.2, 0.25) is 5.78 Å². The van der Waals surface area contributed by atoms with Crippen LogP contribution in [-0.4, -0.2) is 50.3 Å². The van der Waals surface area contributed by atoms with Crippen molar-refractivity contribution in [2.24, 2.45) is 10.7 Å². The molecule has 0 saturated carbocycles. The number of alkyl halides is 2. The number of aliphatic imine (C=N–C) groups is 1. The third kappa shape index (κ3) is 5.22. The van der Waals surface area contributed by atoms with Crippen LogP contribution in [-0.2, 0) is 23.2 Å². The average Bonchev–Trinajstić information content (AvgIpc) is 3.10. The van der Waals surface area contributed by atoms with Gasteiger partial charge in [0.25, 0.3) is 6.43 Å². The number of furan rings is 1. The molecule has 1 aliphatic rings. The Morgan fingerprint density at radius 1 is 1.20 bits per heavy atom. The second-order valence-electron chi connectivity index (χ2n) is 8.86. The van der Waals surface area contributed by atoms with Crippen LogP contribution in [0, 0.1) is 12.7 Å². The molecule has 10 heteroatoms. The molecule has 0 bridgehead atoms. The number of rotatable bonds is 7. The molecular formula is C25H27ClF3N3O3. The number of Topliss-reactive ketones (excluding diaryl/α,β-unsaturated/α-hetero) is 1. The molecule has 2 heterocycles. The van der Waals surface area contributed by atoms with E-state index in [1.54, 1.807) is 6.92 Å². The summed E-state index contributed by atoms with van der Waals surface area (Å²) < 4.78 is 53.8. The fourth-order valence-electron chi connectivity index (χ4n) is 4.28. The van der Waals surface area contributed by atoms with Gasteiger partial charge in [0.1, 0.15) is 23.8 Å². The van der Waals surface area contributed by atoms with Crippen molar-refractivity contribution >= 4 is 35.0 Å². The summed E-state index contributed by atoms with van der Waals surface area (Å²) in [4.78, 5) is 19.0. The largest absolute Gasteiger partial charge is 0.453 e. The van der Waals surface area contributed by atoms with Gasteiger partial charge in [0.15, 0.2) is 11.3 Å². The van der Waals surface area contributed by atoms with Gasteiger partial charge in [-0.3, -0.25) is 9.79 Å². The van der Waals surface area contributed by atoms with Crippen LogP contribution in [0.5, 0.6) is 0 Å². The van der Waals surface area contributed by atoms with Crippen LogP contribution < -0.4 is 5.73 Å². The lowest BCUT2D eigenvalue weighted by molar-refractivity contribution is -0.0146. The summed E-state index contributed by atoms with van der Waals surface area (Å²) in [5, 5.41) is 0.836. The summed E-state index contributed by atoms with van der Waals surface area (Å²) in [6.45, 7) is 1.93. The summed E-state index contributed by atoms with van der Waals surface area (Å²) in [5.74, 6) is -1.16. The summed E-state index contributed by atoms with van der Waals surface area (Å²) in [6.07, 6.45) is -3.21. The van der Waals surface area contributed by atoms with E-state index in [0.717, 1.165) is 23.6 Å².